The summed E-state index contributed by atoms with van der Waals surface area (Å²) in [6, 6.07) is 9.44. The lowest BCUT2D eigenvalue weighted by atomic mass is 10.2. The van der Waals surface area contributed by atoms with Crippen molar-refractivity contribution >= 4 is 21.6 Å². The molecule has 6 nitrogen and oxygen atoms in total. The SMILES string of the molecule is COc1cc(-c2nccn2S(=O)(=O)c2ccc(C)cc2)cc(Cl)c1O. The van der Waals surface area contributed by atoms with Gasteiger partial charge in [-0.2, -0.15) is 0 Å². The minimum Gasteiger partial charge on any atom is -0.503 e. The van der Waals surface area contributed by atoms with Gasteiger partial charge in [0.1, 0.15) is 0 Å². The Balaban J connectivity index is 2.16. The lowest BCUT2D eigenvalue weighted by Crippen LogP contribution is -2.13. The van der Waals surface area contributed by atoms with Crippen LogP contribution in [0.15, 0.2) is 53.7 Å². The van der Waals surface area contributed by atoms with E-state index in [2.05, 4.69) is 4.98 Å². The van der Waals surface area contributed by atoms with Gasteiger partial charge in [0, 0.05) is 18.0 Å². The number of nitrogens with zero attached hydrogens (tertiary/aromatic N) is 2. The molecular weight excluding hydrogens is 364 g/mol. The van der Waals surface area contributed by atoms with E-state index in [4.69, 9.17) is 16.3 Å². The predicted molar refractivity (Wildman–Crippen MR) is 94.7 cm³/mol. The summed E-state index contributed by atoms with van der Waals surface area (Å²) in [4.78, 5) is 4.28. The molecule has 0 saturated carbocycles. The molecule has 0 saturated heterocycles. The molecule has 0 unspecified atom stereocenters. The minimum absolute atomic E-state index is 0.0385. The van der Waals surface area contributed by atoms with Crippen molar-refractivity contribution in [1.29, 1.82) is 0 Å². The molecule has 0 radical (unpaired) electrons. The molecule has 8 heteroatoms. The number of hydrogen-bond acceptors (Lipinski definition) is 5. The van der Waals surface area contributed by atoms with Crippen LogP contribution in [0.2, 0.25) is 5.02 Å². The Labute approximate surface area is 150 Å². The first-order chi connectivity index (χ1) is 11.8. The van der Waals surface area contributed by atoms with Crippen molar-refractivity contribution in [2.75, 3.05) is 7.11 Å². The molecule has 3 aromatic rings. The Bertz CT molecular complexity index is 1030. The van der Waals surface area contributed by atoms with Crippen LogP contribution in [0.5, 0.6) is 11.5 Å². The minimum atomic E-state index is -3.83. The van der Waals surface area contributed by atoms with E-state index in [-0.39, 0.29) is 27.2 Å². The summed E-state index contributed by atoms with van der Waals surface area (Å²) < 4.78 is 32.0. The van der Waals surface area contributed by atoms with Crippen LogP contribution in [0.4, 0.5) is 0 Å². The van der Waals surface area contributed by atoms with Gasteiger partial charge in [-0.05, 0) is 31.2 Å². The number of aryl methyl sites for hydroxylation is 1. The van der Waals surface area contributed by atoms with Crippen LogP contribution >= 0.6 is 11.6 Å². The number of halogens is 1. The van der Waals surface area contributed by atoms with Crippen LogP contribution in [-0.4, -0.2) is 29.6 Å². The second kappa shape index (κ2) is 6.42. The maximum atomic E-state index is 12.9. The smallest absolute Gasteiger partial charge is 0.269 e. The monoisotopic (exact) mass is 378 g/mol. The Hall–Kier alpha value is -2.51. The topological polar surface area (TPSA) is 81.4 Å². The summed E-state index contributed by atoms with van der Waals surface area (Å²) in [5, 5.41) is 9.89. The third-order valence-electron chi connectivity index (χ3n) is 3.69. The number of benzene rings is 2. The molecule has 1 heterocycles. The third-order valence-corrected chi connectivity index (χ3v) is 5.66. The number of methoxy groups -OCH3 is 1. The van der Waals surface area contributed by atoms with Crippen LogP contribution in [-0.2, 0) is 10.0 Å². The van der Waals surface area contributed by atoms with Gasteiger partial charge in [-0.15, -0.1) is 0 Å². The zero-order chi connectivity index (χ0) is 18.2. The van der Waals surface area contributed by atoms with E-state index in [1.54, 1.807) is 24.3 Å². The fourth-order valence-electron chi connectivity index (χ4n) is 2.37. The Kier molecular flexibility index (Phi) is 4.45. The molecule has 2 aromatic carbocycles. The number of rotatable bonds is 4. The summed E-state index contributed by atoms with van der Waals surface area (Å²) in [6.07, 6.45) is 2.74. The second-order valence-electron chi connectivity index (χ2n) is 5.37. The molecule has 0 bridgehead atoms. The number of phenolic OH excluding ortho intramolecular Hbond substituents is 1. The first kappa shape index (κ1) is 17.3. The standard InChI is InChI=1S/C17H15ClN2O4S/c1-11-3-5-13(6-4-11)25(22,23)20-8-7-19-17(20)12-9-14(18)16(21)15(10-12)24-2/h3-10,21H,1-2H3. The van der Waals surface area contributed by atoms with E-state index in [0.717, 1.165) is 9.54 Å². The molecule has 1 N–H and O–H groups in total. The second-order valence-corrected chi connectivity index (χ2v) is 7.60. The summed E-state index contributed by atoms with van der Waals surface area (Å²) in [6.45, 7) is 1.88. The molecule has 3 rings (SSSR count). The first-order valence-corrected chi connectivity index (χ1v) is 9.09. The van der Waals surface area contributed by atoms with Crippen LogP contribution in [0.3, 0.4) is 0 Å². The lowest BCUT2D eigenvalue weighted by molar-refractivity contribution is 0.374. The van der Waals surface area contributed by atoms with Crippen molar-refractivity contribution in [2.24, 2.45) is 0 Å². The van der Waals surface area contributed by atoms with Crippen molar-refractivity contribution in [3.8, 4) is 22.9 Å². The van der Waals surface area contributed by atoms with Gasteiger partial charge in [0.05, 0.1) is 17.0 Å². The third kappa shape index (κ3) is 3.08. The Morgan fingerprint density at radius 3 is 2.52 bits per heavy atom. The van der Waals surface area contributed by atoms with Gasteiger partial charge < -0.3 is 9.84 Å². The Morgan fingerprint density at radius 1 is 1.20 bits per heavy atom. The highest BCUT2D eigenvalue weighted by molar-refractivity contribution is 7.90. The molecule has 1 aromatic heterocycles. The fourth-order valence-corrected chi connectivity index (χ4v) is 3.88. The molecule has 0 atom stereocenters. The van der Waals surface area contributed by atoms with Crippen molar-refractivity contribution in [1.82, 2.24) is 8.96 Å². The average molecular weight is 379 g/mol. The van der Waals surface area contributed by atoms with E-state index in [1.807, 2.05) is 6.92 Å². The molecular formula is C17H15ClN2O4S. The lowest BCUT2D eigenvalue weighted by Gasteiger charge is -2.12. The van der Waals surface area contributed by atoms with Crippen molar-refractivity contribution < 1.29 is 18.3 Å². The molecule has 0 amide bonds. The Morgan fingerprint density at radius 2 is 1.88 bits per heavy atom. The van der Waals surface area contributed by atoms with Crippen LogP contribution < -0.4 is 4.74 Å². The number of phenols is 1. The summed E-state index contributed by atoms with van der Waals surface area (Å²) in [7, 11) is -2.45. The van der Waals surface area contributed by atoms with Gasteiger partial charge in [-0.25, -0.2) is 17.4 Å². The average Bonchev–Trinajstić information content (AvgIpc) is 3.08. The van der Waals surface area contributed by atoms with E-state index in [1.165, 1.54) is 31.6 Å². The van der Waals surface area contributed by atoms with Crippen LogP contribution in [0.25, 0.3) is 11.4 Å². The number of hydrogen-bond donors (Lipinski definition) is 1. The number of ether oxygens (including phenoxy) is 1. The van der Waals surface area contributed by atoms with Gasteiger partial charge >= 0.3 is 0 Å². The predicted octanol–water partition coefficient (Wildman–Crippen LogP) is 3.46. The van der Waals surface area contributed by atoms with E-state index in [0.29, 0.717) is 5.56 Å². The summed E-state index contributed by atoms with van der Waals surface area (Å²) >= 11 is 6.00. The number of aromatic nitrogens is 2. The highest BCUT2D eigenvalue weighted by atomic mass is 35.5. The molecule has 0 fully saturated rings. The fraction of sp³-hybridized carbons (Fsp3) is 0.118. The van der Waals surface area contributed by atoms with Gasteiger partial charge in [0.2, 0.25) is 0 Å². The van der Waals surface area contributed by atoms with E-state index >= 15 is 0 Å². The van der Waals surface area contributed by atoms with E-state index < -0.39 is 10.0 Å². The summed E-state index contributed by atoms with van der Waals surface area (Å²) in [5.74, 6) is 0.0815. The number of aromatic hydroxyl groups is 1. The van der Waals surface area contributed by atoms with Crippen LogP contribution in [0.1, 0.15) is 5.56 Å². The maximum absolute atomic E-state index is 12.9. The molecule has 130 valence electrons. The van der Waals surface area contributed by atoms with Crippen LogP contribution in [0, 0.1) is 6.92 Å². The quantitative estimate of drug-likeness (QED) is 0.751. The largest absolute Gasteiger partial charge is 0.503 e. The van der Waals surface area contributed by atoms with E-state index in [9.17, 15) is 13.5 Å². The van der Waals surface area contributed by atoms with Gasteiger partial charge in [0.15, 0.2) is 17.3 Å². The zero-order valence-electron chi connectivity index (χ0n) is 13.5. The van der Waals surface area contributed by atoms with Gasteiger partial charge in [0.25, 0.3) is 10.0 Å². The molecule has 0 aliphatic heterocycles. The van der Waals surface area contributed by atoms with Crippen molar-refractivity contribution in [3.63, 3.8) is 0 Å². The van der Waals surface area contributed by atoms with Gasteiger partial charge in [-0.3, -0.25) is 0 Å². The molecule has 0 aliphatic rings. The maximum Gasteiger partial charge on any atom is 0.269 e. The first-order valence-electron chi connectivity index (χ1n) is 7.27. The van der Waals surface area contributed by atoms with Crippen molar-refractivity contribution in [2.45, 2.75) is 11.8 Å². The molecule has 0 spiro atoms. The zero-order valence-corrected chi connectivity index (χ0v) is 15.0. The number of imidazole rings is 1. The molecule has 0 aliphatic carbocycles. The summed E-state index contributed by atoms with van der Waals surface area (Å²) in [5.41, 5.74) is 1.36. The van der Waals surface area contributed by atoms with Crippen molar-refractivity contribution in [3.05, 3.63) is 59.4 Å². The molecule has 25 heavy (non-hydrogen) atoms. The highest BCUT2D eigenvalue weighted by Gasteiger charge is 2.22. The van der Waals surface area contributed by atoms with Gasteiger partial charge in [-0.1, -0.05) is 29.3 Å². The normalized spacial score (nSPS) is 11.5. The highest BCUT2D eigenvalue weighted by Crippen LogP contribution is 2.38.